The van der Waals surface area contributed by atoms with Gasteiger partial charge >= 0.3 is 5.97 Å². The summed E-state index contributed by atoms with van der Waals surface area (Å²) < 4.78 is 5.09. The molecule has 4 heteroatoms. The van der Waals surface area contributed by atoms with Gasteiger partial charge in [-0.3, -0.25) is 0 Å². The minimum atomic E-state index is -0.322. The second-order valence-corrected chi connectivity index (χ2v) is 5.07. The first-order chi connectivity index (χ1) is 9.63. The molecule has 0 bridgehead atoms. The molecule has 3 aromatic rings. The third-order valence-electron chi connectivity index (χ3n) is 3.44. The molecule has 0 spiro atoms. The summed E-state index contributed by atoms with van der Waals surface area (Å²) in [6.45, 7) is 4.11. The van der Waals surface area contributed by atoms with Crippen molar-refractivity contribution in [3.63, 3.8) is 0 Å². The molecule has 1 aromatic heterocycles. The monoisotopic (exact) mass is 287 g/mol. The van der Waals surface area contributed by atoms with Crippen LogP contribution in [0.4, 0.5) is 0 Å². The minimum absolute atomic E-state index is 0.322. The maximum absolute atomic E-state index is 12.0. The number of fused-ring (bicyclic) bond motifs is 3. The van der Waals surface area contributed by atoms with E-state index in [0.717, 1.165) is 27.4 Å². The molecule has 2 aromatic carbocycles. The van der Waals surface area contributed by atoms with Crippen LogP contribution in [0.2, 0.25) is 5.02 Å². The first kappa shape index (κ1) is 13.0. The molecule has 0 unspecified atom stereocenters. The van der Waals surface area contributed by atoms with Crippen molar-refractivity contribution in [3.8, 4) is 0 Å². The van der Waals surface area contributed by atoms with Gasteiger partial charge in [-0.25, -0.2) is 4.79 Å². The normalized spacial score (nSPS) is 11.2. The van der Waals surface area contributed by atoms with Crippen LogP contribution in [-0.2, 0) is 4.74 Å². The molecule has 0 aliphatic heterocycles. The lowest BCUT2D eigenvalue weighted by atomic mass is 10.1. The van der Waals surface area contributed by atoms with Gasteiger partial charge in [0, 0.05) is 10.8 Å². The Labute approximate surface area is 121 Å². The van der Waals surface area contributed by atoms with E-state index in [4.69, 9.17) is 16.3 Å². The van der Waals surface area contributed by atoms with Gasteiger partial charge in [-0.15, -0.1) is 0 Å². The summed E-state index contributed by atoms with van der Waals surface area (Å²) in [6, 6.07) is 9.59. The molecule has 3 nitrogen and oxygen atoms in total. The number of nitrogens with one attached hydrogen (secondary N) is 1. The van der Waals surface area contributed by atoms with Gasteiger partial charge in [-0.1, -0.05) is 35.9 Å². The highest BCUT2D eigenvalue weighted by Crippen LogP contribution is 2.33. The van der Waals surface area contributed by atoms with E-state index in [1.54, 1.807) is 13.0 Å². The summed E-state index contributed by atoms with van der Waals surface area (Å²) >= 11 is 6.34. The standard InChI is InChI=1S/C16H14ClNO2/c1-3-20-16(19)12-6-4-5-10-11-8-7-9(2)13(17)15(11)18-14(10)12/h4-8,18H,3H2,1-2H3. The molecule has 102 valence electrons. The summed E-state index contributed by atoms with van der Waals surface area (Å²) in [4.78, 5) is 15.3. The Balaban J connectivity index is 2.35. The molecule has 1 N–H and O–H groups in total. The van der Waals surface area contributed by atoms with Gasteiger partial charge in [0.25, 0.3) is 0 Å². The first-order valence-corrected chi connectivity index (χ1v) is 6.88. The third kappa shape index (κ3) is 1.86. The Hall–Kier alpha value is -2.00. The van der Waals surface area contributed by atoms with Crippen LogP contribution in [0.3, 0.4) is 0 Å². The van der Waals surface area contributed by atoms with Crippen LogP contribution >= 0.6 is 11.6 Å². The van der Waals surface area contributed by atoms with Crippen molar-refractivity contribution in [2.45, 2.75) is 13.8 Å². The highest BCUT2D eigenvalue weighted by atomic mass is 35.5. The van der Waals surface area contributed by atoms with Crippen LogP contribution in [-0.4, -0.2) is 17.6 Å². The van der Waals surface area contributed by atoms with Crippen molar-refractivity contribution in [3.05, 3.63) is 46.5 Å². The van der Waals surface area contributed by atoms with Crippen LogP contribution in [0, 0.1) is 6.92 Å². The molecule has 0 amide bonds. The van der Waals surface area contributed by atoms with Gasteiger partial charge in [0.15, 0.2) is 0 Å². The Bertz CT molecular complexity index is 820. The lowest BCUT2D eigenvalue weighted by molar-refractivity contribution is 0.0528. The van der Waals surface area contributed by atoms with E-state index in [1.807, 2.05) is 31.2 Å². The zero-order valence-electron chi connectivity index (χ0n) is 11.3. The molecule has 20 heavy (non-hydrogen) atoms. The first-order valence-electron chi connectivity index (χ1n) is 6.50. The summed E-state index contributed by atoms with van der Waals surface area (Å²) in [5.74, 6) is -0.322. The predicted octanol–water partition coefficient (Wildman–Crippen LogP) is 4.46. The lowest BCUT2D eigenvalue weighted by Gasteiger charge is -2.02. The quantitative estimate of drug-likeness (QED) is 0.707. The number of H-pyrrole nitrogens is 1. The number of rotatable bonds is 2. The van der Waals surface area contributed by atoms with Crippen LogP contribution in [0.1, 0.15) is 22.8 Å². The average molecular weight is 288 g/mol. The van der Waals surface area contributed by atoms with Crippen LogP contribution in [0.25, 0.3) is 21.8 Å². The molecule has 0 fully saturated rings. The molecule has 0 aliphatic rings. The molecule has 0 saturated carbocycles. The fraction of sp³-hybridized carbons (Fsp3) is 0.188. The van der Waals surface area contributed by atoms with E-state index in [1.165, 1.54) is 0 Å². The number of para-hydroxylation sites is 1. The average Bonchev–Trinajstić information content (AvgIpc) is 2.82. The fourth-order valence-electron chi connectivity index (χ4n) is 2.44. The Kier molecular flexibility index (Phi) is 3.14. The maximum atomic E-state index is 12.0. The number of aryl methyl sites for hydroxylation is 1. The molecule has 1 heterocycles. The maximum Gasteiger partial charge on any atom is 0.340 e. The smallest absolute Gasteiger partial charge is 0.340 e. The van der Waals surface area contributed by atoms with Gasteiger partial charge in [0.05, 0.1) is 28.2 Å². The second-order valence-electron chi connectivity index (χ2n) is 4.69. The molecule has 0 saturated heterocycles. The number of carbonyl (C=O) groups excluding carboxylic acids is 1. The third-order valence-corrected chi connectivity index (χ3v) is 3.92. The lowest BCUT2D eigenvalue weighted by Crippen LogP contribution is -2.05. The number of esters is 1. The van der Waals surface area contributed by atoms with Gasteiger partial charge in [-0.05, 0) is 25.5 Å². The SMILES string of the molecule is CCOC(=O)c1cccc2c1[nH]c1c(Cl)c(C)ccc12. The van der Waals surface area contributed by atoms with E-state index in [0.29, 0.717) is 17.2 Å². The van der Waals surface area contributed by atoms with Gasteiger partial charge in [0.1, 0.15) is 0 Å². The van der Waals surface area contributed by atoms with Crippen molar-refractivity contribution >= 4 is 39.4 Å². The molecule has 0 aliphatic carbocycles. The van der Waals surface area contributed by atoms with E-state index in [9.17, 15) is 4.79 Å². The van der Waals surface area contributed by atoms with E-state index < -0.39 is 0 Å². The molecular weight excluding hydrogens is 274 g/mol. The summed E-state index contributed by atoms with van der Waals surface area (Å²) in [5, 5.41) is 2.68. The number of carbonyl (C=O) groups is 1. The van der Waals surface area contributed by atoms with Gasteiger partial charge in [0.2, 0.25) is 0 Å². The van der Waals surface area contributed by atoms with Crippen LogP contribution in [0.15, 0.2) is 30.3 Å². The Morgan fingerprint density at radius 2 is 1.95 bits per heavy atom. The van der Waals surface area contributed by atoms with Gasteiger partial charge < -0.3 is 9.72 Å². The highest BCUT2D eigenvalue weighted by molar-refractivity contribution is 6.37. The topological polar surface area (TPSA) is 42.1 Å². The van der Waals surface area contributed by atoms with Crippen LogP contribution < -0.4 is 0 Å². The minimum Gasteiger partial charge on any atom is -0.462 e. The van der Waals surface area contributed by atoms with E-state index in [-0.39, 0.29) is 5.97 Å². The van der Waals surface area contributed by atoms with E-state index >= 15 is 0 Å². The zero-order valence-corrected chi connectivity index (χ0v) is 12.0. The number of benzene rings is 2. The Morgan fingerprint density at radius 3 is 2.70 bits per heavy atom. The van der Waals surface area contributed by atoms with Gasteiger partial charge in [-0.2, -0.15) is 0 Å². The number of hydrogen-bond acceptors (Lipinski definition) is 2. The molecular formula is C16H14ClNO2. The van der Waals surface area contributed by atoms with Crippen molar-refractivity contribution in [1.29, 1.82) is 0 Å². The number of aromatic nitrogens is 1. The van der Waals surface area contributed by atoms with Crippen molar-refractivity contribution in [2.75, 3.05) is 6.61 Å². The van der Waals surface area contributed by atoms with Crippen molar-refractivity contribution in [2.24, 2.45) is 0 Å². The summed E-state index contributed by atoms with van der Waals surface area (Å²) in [7, 11) is 0. The van der Waals surface area contributed by atoms with E-state index in [2.05, 4.69) is 4.98 Å². The largest absolute Gasteiger partial charge is 0.462 e. The number of aromatic amines is 1. The molecule has 0 atom stereocenters. The zero-order chi connectivity index (χ0) is 14.3. The van der Waals surface area contributed by atoms with Crippen LogP contribution in [0.5, 0.6) is 0 Å². The Morgan fingerprint density at radius 1 is 1.20 bits per heavy atom. The summed E-state index contributed by atoms with van der Waals surface area (Å²) in [5.41, 5.74) is 3.17. The predicted molar refractivity (Wildman–Crippen MR) is 81.5 cm³/mol. The highest BCUT2D eigenvalue weighted by Gasteiger charge is 2.16. The summed E-state index contributed by atoms with van der Waals surface area (Å²) in [6.07, 6.45) is 0. The second kappa shape index (κ2) is 4.84. The fourth-order valence-corrected chi connectivity index (χ4v) is 2.65. The van der Waals surface area contributed by atoms with Crippen molar-refractivity contribution in [1.82, 2.24) is 4.98 Å². The number of halogens is 1. The number of ether oxygens (including phenoxy) is 1. The molecule has 0 radical (unpaired) electrons. The number of hydrogen-bond donors (Lipinski definition) is 1. The van der Waals surface area contributed by atoms with Crippen molar-refractivity contribution < 1.29 is 9.53 Å². The molecule has 3 rings (SSSR count).